The van der Waals surface area contributed by atoms with Crippen molar-refractivity contribution in [3.8, 4) is 0 Å². The molecule has 0 bridgehead atoms. The fourth-order valence-electron chi connectivity index (χ4n) is 9.63. The van der Waals surface area contributed by atoms with Crippen molar-refractivity contribution in [2.75, 3.05) is 46.1 Å². The minimum Gasteiger partial charge on any atom is -0.396 e. The molecule has 1 unspecified atom stereocenters. The fourth-order valence-corrected chi connectivity index (χ4v) is 9.63. The Kier molecular flexibility index (Phi) is 11.9. The number of hydrogen-bond acceptors (Lipinski definition) is 7. The third kappa shape index (κ3) is 6.51. The van der Waals surface area contributed by atoms with Crippen molar-refractivity contribution in [2.24, 2.45) is 51.7 Å². The van der Waals surface area contributed by atoms with Crippen LogP contribution in [0.2, 0.25) is 0 Å². The van der Waals surface area contributed by atoms with Crippen molar-refractivity contribution in [2.45, 2.75) is 116 Å². The molecule has 0 aromatic rings. The fraction of sp³-hybridized carbons (Fsp3) is 0.939. The lowest BCUT2D eigenvalue weighted by Gasteiger charge is -2.64. The van der Waals surface area contributed by atoms with Gasteiger partial charge < -0.3 is 36.5 Å². The van der Waals surface area contributed by atoms with Crippen LogP contribution in [0.1, 0.15) is 97.8 Å². The van der Waals surface area contributed by atoms with Crippen LogP contribution in [-0.2, 0) is 14.2 Å². The Morgan fingerprint density at radius 1 is 0.850 bits per heavy atom. The summed E-state index contributed by atoms with van der Waals surface area (Å²) in [5.41, 5.74) is 20.9. The maximum Gasteiger partial charge on any atom is 0.0671 e. The Balaban J connectivity index is 1.67. The normalized spacial score (nSPS) is 40.4. The van der Waals surface area contributed by atoms with Crippen molar-refractivity contribution in [3.63, 3.8) is 0 Å². The molecule has 232 valence electrons. The second-order valence-corrected chi connectivity index (χ2v) is 13.8. The van der Waals surface area contributed by atoms with Gasteiger partial charge >= 0.3 is 0 Å². The Morgan fingerprint density at radius 2 is 1.52 bits per heavy atom. The molecule has 9 atom stereocenters. The van der Waals surface area contributed by atoms with Gasteiger partial charge in [0, 0.05) is 31.8 Å². The van der Waals surface area contributed by atoms with Gasteiger partial charge in [0.1, 0.15) is 0 Å². The molecule has 7 nitrogen and oxygen atoms in total. The molecule has 4 fully saturated rings. The molecule has 40 heavy (non-hydrogen) atoms. The number of ether oxygens (including phenoxy) is 3. The van der Waals surface area contributed by atoms with Crippen LogP contribution in [0.15, 0.2) is 11.1 Å². The predicted molar refractivity (Wildman–Crippen MR) is 162 cm³/mol. The first kappa shape index (κ1) is 32.4. The first-order valence-electron chi connectivity index (χ1n) is 16.6. The molecule has 0 amide bonds. The standard InChI is InChI=1S/C33H61N3O4/c1-23(8-4-16-37)26-9-10-27-31-28(22-30(33(26,27)3)40-19-7-15-36)32(2)12-11-25(38-17-5-13-34)20-24(32)21-29(31)39-18-6-14-35/h24-25,27-31,37H,4-22,34-36H2,1-3H3/b26-23+/t24-,25?,27-,28-,29+,30-,31-,32-,33+/m0/s1. The first-order chi connectivity index (χ1) is 19.3. The van der Waals surface area contributed by atoms with Crippen molar-refractivity contribution in [3.05, 3.63) is 11.1 Å². The monoisotopic (exact) mass is 563 g/mol. The van der Waals surface area contributed by atoms with Crippen molar-refractivity contribution in [1.29, 1.82) is 0 Å². The summed E-state index contributed by atoms with van der Waals surface area (Å²) in [5, 5.41) is 9.56. The van der Waals surface area contributed by atoms with Gasteiger partial charge in [-0.05, 0) is 133 Å². The topological polar surface area (TPSA) is 126 Å². The number of aliphatic hydroxyl groups excluding tert-OH is 1. The molecule has 0 heterocycles. The van der Waals surface area contributed by atoms with E-state index in [4.69, 9.17) is 31.4 Å². The summed E-state index contributed by atoms with van der Waals surface area (Å²) in [5.74, 6) is 2.27. The van der Waals surface area contributed by atoms with E-state index in [1.54, 1.807) is 5.57 Å². The minimum absolute atomic E-state index is 0.0104. The van der Waals surface area contributed by atoms with Crippen LogP contribution in [0.5, 0.6) is 0 Å². The van der Waals surface area contributed by atoms with Gasteiger partial charge in [0.15, 0.2) is 0 Å². The van der Waals surface area contributed by atoms with E-state index >= 15 is 0 Å². The van der Waals surface area contributed by atoms with E-state index in [1.165, 1.54) is 18.4 Å². The molecular formula is C33H61N3O4. The summed E-state index contributed by atoms with van der Waals surface area (Å²) in [4.78, 5) is 0. The Bertz CT molecular complexity index is 824. The maximum absolute atomic E-state index is 9.56. The molecule has 4 saturated carbocycles. The van der Waals surface area contributed by atoms with Crippen LogP contribution >= 0.6 is 0 Å². The zero-order valence-corrected chi connectivity index (χ0v) is 25.9. The number of nitrogens with two attached hydrogens (primary N) is 3. The molecule has 4 aliphatic carbocycles. The summed E-state index contributed by atoms with van der Waals surface area (Å²) >= 11 is 0. The van der Waals surface area contributed by atoms with Crippen LogP contribution in [0, 0.1) is 34.5 Å². The van der Waals surface area contributed by atoms with E-state index in [9.17, 15) is 5.11 Å². The van der Waals surface area contributed by atoms with Crippen LogP contribution in [0.4, 0.5) is 0 Å². The molecule has 7 N–H and O–H groups in total. The molecule has 0 aromatic heterocycles. The lowest BCUT2D eigenvalue weighted by molar-refractivity contribution is -0.213. The highest BCUT2D eigenvalue weighted by molar-refractivity contribution is 5.31. The summed E-state index contributed by atoms with van der Waals surface area (Å²) in [7, 11) is 0. The van der Waals surface area contributed by atoms with Crippen LogP contribution < -0.4 is 17.2 Å². The van der Waals surface area contributed by atoms with Gasteiger partial charge in [-0.25, -0.2) is 0 Å². The largest absolute Gasteiger partial charge is 0.396 e. The summed E-state index contributed by atoms with van der Waals surface area (Å²) in [6.07, 6.45) is 13.4. The number of fused-ring (bicyclic) bond motifs is 5. The van der Waals surface area contributed by atoms with E-state index in [-0.39, 0.29) is 29.6 Å². The summed E-state index contributed by atoms with van der Waals surface area (Å²) in [6, 6.07) is 0. The van der Waals surface area contributed by atoms with Gasteiger partial charge in [0.2, 0.25) is 0 Å². The summed E-state index contributed by atoms with van der Waals surface area (Å²) in [6.45, 7) is 12.0. The molecule has 4 rings (SSSR count). The maximum atomic E-state index is 9.56. The zero-order valence-electron chi connectivity index (χ0n) is 25.9. The number of aliphatic hydroxyl groups is 1. The number of rotatable bonds is 15. The van der Waals surface area contributed by atoms with E-state index < -0.39 is 0 Å². The highest BCUT2D eigenvalue weighted by atomic mass is 16.5. The Morgan fingerprint density at radius 3 is 2.20 bits per heavy atom. The predicted octanol–water partition coefficient (Wildman–Crippen LogP) is 4.54. The molecule has 4 aliphatic rings. The zero-order chi connectivity index (χ0) is 28.8. The van der Waals surface area contributed by atoms with Gasteiger partial charge in [-0.2, -0.15) is 0 Å². The van der Waals surface area contributed by atoms with Gasteiger partial charge in [0.05, 0.1) is 18.3 Å². The van der Waals surface area contributed by atoms with Gasteiger partial charge in [0.25, 0.3) is 0 Å². The SMILES string of the molecule is C/C(CCCO)=C1/CC[C@H]2[C@@H]3[C@H](OCCCN)C[C@@H]4CC(OCCCN)CC[C@]4(C)[C@H]3C[C@H](OCCCN)[C@]12C. The van der Waals surface area contributed by atoms with Gasteiger partial charge in [-0.1, -0.05) is 25.0 Å². The summed E-state index contributed by atoms with van der Waals surface area (Å²) < 4.78 is 20.0. The smallest absolute Gasteiger partial charge is 0.0671 e. The van der Waals surface area contributed by atoms with Crippen molar-refractivity contribution < 1.29 is 19.3 Å². The number of hydrogen-bond donors (Lipinski definition) is 4. The third-order valence-electron chi connectivity index (χ3n) is 11.7. The van der Waals surface area contributed by atoms with E-state index in [0.717, 1.165) is 84.0 Å². The average molecular weight is 564 g/mol. The minimum atomic E-state index is 0.0104. The lowest BCUT2D eigenvalue weighted by atomic mass is 9.43. The van der Waals surface area contributed by atoms with Gasteiger partial charge in [-0.3, -0.25) is 0 Å². The molecule has 0 radical (unpaired) electrons. The average Bonchev–Trinajstić information content (AvgIpc) is 3.31. The molecular weight excluding hydrogens is 502 g/mol. The highest BCUT2D eigenvalue weighted by Gasteiger charge is 2.65. The second-order valence-electron chi connectivity index (χ2n) is 13.8. The van der Waals surface area contributed by atoms with E-state index in [1.807, 2.05) is 0 Å². The Hall–Kier alpha value is -0.540. The molecule has 0 aliphatic heterocycles. The molecule has 0 aromatic carbocycles. The number of allylic oxidation sites excluding steroid dienone is 1. The lowest BCUT2D eigenvalue weighted by Crippen LogP contribution is -2.62. The highest BCUT2D eigenvalue weighted by Crippen LogP contribution is 2.68. The van der Waals surface area contributed by atoms with E-state index in [2.05, 4.69) is 20.8 Å². The van der Waals surface area contributed by atoms with Crippen molar-refractivity contribution in [1.82, 2.24) is 0 Å². The molecule has 0 saturated heterocycles. The first-order valence-corrected chi connectivity index (χ1v) is 16.6. The molecule has 7 heteroatoms. The quantitative estimate of drug-likeness (QED) is 0.170. The molecule has 0 spiro atoms. The van der Waals surface area contributed by atoms with Gasteiger partial charge in [-0.15, -0.1) is 0 Å². The van der Waals surface area contributed by atoms with Crippen LogP contribution in [-0.4, -0.2) is 69.5 Å². The van der Waals surface area contributed by atoms with Crippen LogP contribution in [0.25, 0.3) is 0 Å². The van der Waals surface area contributed by atoms with Crippen molar-refractivity contribution >= 4 is 0 Å². The Labute approximate surface area is 244 Å². The third-order valence-corrected chi connectivity index (χ3v) is 11.7. The van der Waals surface area contributed by atoms with E-state index in [0.29, 0.717) is 49.4 Å². The second kappa shape index (κ2) is 14.8. The van der Waals surface area contributed by atoms with Crippen LogP contribution in [0.3, 0.4) is 0 Å².